The Kier molecular flexibility index (Phi) is 4.13. The zero-order valence-corrected chi connectivity index (χ0v) is 14.9. The molecule has 4 heteroatoms. The largest absolute Gasteiger partial charge is 0.365 e. The predicted molar refractivity (Wildman–Crippen MR) is 93.2 cm³/mol. The second kappa shape index (κ2) is 5.35. The van der Waals surface area contributed by atoms with E-state index < -0.39 is 8.07 Å². The van der Waals surface area contributed by atoms with E-state index in [1.165, 1.54) is 10.8 Å². The van der Waals surface area contributed by atoms with Gasteiger partial charge in [-0.3, -0.25) is 0 Å². The molecule has 1 aromatic carbocycles. The van der Waals surface area contributed by atoms with Crippen LogP contribution >= 0.6 is 28.1 Å². The molecule has 19 heavy (non-hydrogen) atoms. The summed E-state index contributed by atoms with van der Waals surface area (Å²) in [6, 6.07) is 8.27. The fourth-order valence-corrected chi connectivity index (χ4v) is 5.16. The van der Waals surface area contributed by atoms with E-state index in [-0.39, 0.29) is 6.04 Å². The van der Waals surface area contributed by atoms with E-state index in [0.717, 1.165) is 15.0 Å². The highest BCUT2D eigenvalue weighted by molar-refractivity contribution is 9.10. The molecular weight excluding hydrogens is 334 g/mol. The summed E-state index contributed by atoms with van der Waals surface area (Å²) in [5.74, 6) is 0. The molecule has 1 nitrogen and oxygen atoms in total. The molecule has 1 N–H and O–H groups in total. The summed E-state index contributed by atoms with van der Waals surface area (Å²) in [7, 11) is -1.42. The third kappa shape index (κ3) is 3.07. The fraction of sp³-hybridized carbons (Fsp3) is 0.267. The highest BCUT2D eigenvalue weighted by Crippen LogP contribution is 2.33. The quantitative estimate of drug-likeness (QED) is 0.607. The Morgan fingerprint density at radius 3 is 2.47 bits per heavy atom. The van der Waals surface area contributed by atoms with Crippen LogP contribution in [0.3, 0.4) is 0 Å². The van der Waals surface area contributed by atoms with E-state index in [2.05, 4.69) is 59.6 Å². The lowest BCUT2D eigenvalue weighted by Gasteiger charge is -2.33. The highest BCUT2D eigenvalue weighted by Gasteiger charge is 2.30. The van der Waals surface area contributed by atoms with Gasteiger partial charge in [0.2, 0.25) is 0 Å². The van der Waals surface area contributed by atoms with E-state index in [1.54, 1.807) is 0 Å². The van der Waals surface area contributed by atoms with Crippen LogP contribution in [0, 0.1) is 0 Å². The highest BCUT2D eigenvalue weighted by atomic mass is 79.9. The first-order valence-corrected chi connectivity index (χ1v) is 11.0. The van der Waals surface area contributed by atoms with Crippen LogP contribution in [0.1, 0.15) is 11.6 Å². The smallest absolute Gasteiger partial charge is 0.0987 e. The van der Waals surface area contributed by atoms with Gasteiger partial charge in [-0.2, -0.15) is 0 Å². The molecule has 0 bridgehead atoms. The van der Waals surface area contributed by atoms with Crippen molar-refractivity contribution in [3.8, 4) is 0 Å². The third-order valence-corrected chi connectivity index (χ3v) is 6.50. The molecule has 0 aliphatic carbocycles. The molecule has 1 heterocycles. The monoisotopic (exact) mass is 351 g/mol. The minimum Gasteiger partial charge on any atom is -0.365 e. The zero-order chi connectivity index (χ0) is 14.2. The maximum absolute atomic E-state index is 5.55. The lowest BCUT2D eigenvalue weighted by molar-refractivity contribution is 0.758. The van der Waals surface area contributed by atoms with Crippen LogP contribution in [0.4, 0.5) is 0 Å². The standard InChI is InChI=1S/C15H18BrNSSi/c1-10-9-13(19(2,3)4)15(18)17-14(10)11-7-5-6-8-12(11)16/h5-9,14H,1H2,2-4H3,(H,17,18). The number of nitrogens with one attached hydrogen (secondary N) is 1. The average molecular weight is 352 g/mol. The second-order valence-electron chi connectivity index (χ2n) is 5.81. The molecule has 1 aromatic rings. The Morgan fingerprint density at radius 2 is 1.89 bits per heavy atom. The number of halogens is 1. The van der Waals surface area contributed by atoms with Crippen LogP contribution in [0.2, 0.25) is 19.6 Å². The van der Waals surface area contributed by atoms with Crippen molar-refractivity contribution in [3.05, 3.63) is 57.7 Å². The molecule has 1 unspecified atom stereocenters. The number of hydrogen-bond donors (Lipinski definition) is 1. The molecule has 0 saturated carbocycles. The Balaban J connectivity index is 2.40. The summed E-state index contributed by atoms with van der Waals surface area (Å²) in [6.07, 6.45) is 2.19. The Labute approximate surface area is 129 Å². The number of hydrogen-bond acceptors (Lipinski definition) is 1. The Bertz CT molecular complexity index is 572. The molecule has 0 radical (unpaired) electrons. The summed E-state index contributed by atoms with van der Waals surface area (Å²) in [6.45, 7) is 11.1. The average Bonchev–Trinajstić information content (AvgIpc) is 2.31. The van der Waals surface area contributed by atoms with Gasteiger partial charge in [-0.15, -0.1) is 0 Å². The van der Waals surface area contributed by atoms with Crippen molar-refractivity contribution < 1.29 is 0 Å². The number of thiocarbonyl (C=S) groups is 1. The third-order valence-electron chi connectivity index (χ3n) is 3.24. The molecule has 1 aliphatic heterocycles. The molecule has 100 valence electrons. The van der Waals surface area contributed by atoms with Gasteiger partial charge in [-0.05, 0) is 22.4 Å². The van der Waals surface area contributed by atoms with Crippen molar-refractivity contribution >= 4 is 41.2 Å². The first-order valence-electron chi connectivity index (χ1n) is 6.27. The van der Waals surface area contributed by atoms with Gasteiger partial charge >= 0.3 is 0 Å². The topological polar surface area (TPSA) is 12.0 Å². The van der Waals surface area contributed by atoms with Crippen molar-refractivity contribution in [3.63, 3.8) is 0 Å². The van der Waals surface area contributed by atoms with Gasteiger partial charge in [0.1, 0.15) is 0 Å². The molecule has 1 aliphatic rings. The lowest BCUT2D eigenvalue weighted by atomic mass is 9.97. The summed E-state index contributed by atoms with van der Waals surface area (Å²) in [5, 5.41) is 4.74. The minimum absolute atomic E-state index is 0.0724. The van der Waals surface area contributed by atoms with E-state index in [4.69, 9.17) is 12.2 Å². The Hall–Kier alpha value is -0.713. The fourth-order valence-electron chi connectivity index (χ4n) is 2.18. The summed E-state index contributed by atoms with van der Waals surface area (Å²) in [5.41, 5.74) is 2.26. The maximum Gasteiger partial charge on any atom is 0.0987 e. The van der Waals surface area contributed by atoms with Crippen molar-refractivity contribution in [2.45, 2.75) is 25.7 Å². The van der Waals surface area contributed by atoms with Gasteiger partial charge in [-0.25, -0.2) is 0 Å². The van der Waals surface area contributed by atoms with E-state index >= 15 is 0 Å². The molecule has 1 atom stereocenters. The summed E-state index contributed by atoms with van der Waals surface area (Å²) < 4.78 is 1.08. The van der Waals surface area contributed by atoms with Crippen LogP contribution in [0.5, 0.6) is 0 Å². The van der Waals surface area contributed by atoms with Crippen LogP contribution in [0.25, 0.3) is 0 Å². The van der Waals surface area contributed by atoms with Gasteiger partial charge in [0.25, 0.3) is 0 Å². The van der Waals surface area contributed by atoms with Crippen LogP contribution < -0.4 is 5.32 Å². The molecule has 2 rings (SSSR count). The van der Waals surface area contributed by atoms with Crippen molar-refractivity contribution in [1.82, 2.24) is 5.32 Å². The molecule has 0 fully saturated rings. The first-order chi connectivity index (χ1) is 8.80. The molecule has 0 aromatic heterocycles. The maximum atomic E-state index is 5.55. The van der Waals surface area contributed by atoms with Gasteiger partial charge in [-0.1, -0.05) is 78.6 Å². The van der Waals surface area contributed by atoms with Gasteiger partial charge in [0.15, 0.2) is 0 Å². The second-order valence-corrected chi connectivity index (χ2v) is 12.1. The molecule has 0 amide bonds. The van der Waals surface area contributed by atoms with Crippen molar-refractivity contribution in [2.24, 2.45) is 0 Å². The van der Waals surface area contributed by atoms with Gasteiger partial charge in [0.05, 0.1) is 19.1 Å². The van der Waals surface area contributed by atoms with Gasteiger partial charge < -0.3 is 5.32 Å². The normalized spacial score (nSPS) is 20.0. The Morgan fingerprint density at radius 1 is 1.26 bits per heavy atom. The van der Waals surface area contributed by atoms with Crippen LogP contribution in [0.15, 0.2) is 52.2 Å². The zero-order valence-electron chi connectivity index (χ0n) is 11.5. The van der Waals surface area contributed by atoms with Crippen LogP contribution in [-0.2, 0) is 0 Å². The number of rotatable bonds is 2. The lowest BCUT2D eigenvalue weighted by Crippen LogP contribution is -2.41. The van der Waals surface area contributed by atoms with Crippen molar-refractivity contribution in [2.75, 3.05) is 0 Å². The summed E-state index contributed by atoms with van der Waals surface area (Å²) >= 11 is 9.14. The SMILES string of the molecule is C=C1C=C([Si](C)(C)C)C(=S)NC1c1ccccc1Br. The van der Waals surface area contributed by atoms with Crippen molar-refractivity contribution in [1.29, 1.82) is 0 Å². The van der Waals surface area contributed by atoms with Gasteiger partial charge in [0, 0.05) is 4.47 Å². The van der Waals surface area contributed by atoms with Crippen LogP contribution in [-0.4, -0.2) is 13.1 Å². The molecule has 0 saturated heterocycles. The van der Waals surface area contributed by atoms with E-state index in [1.807, 2.05) is 18.2 Å². The summed E-state index contributed by atoms with van der Waals surface area (Å²) in [4.78, 5) is 0.882. The number of benzene rings is 1. The van der Waals surface area contributed by atoms with E-state index in [9.17, 15) is 0 Å². The first kappa shape index (κ1) is 14.7. The minimum atomic E-state index is -1.42. The molecular formula is C15H18BrNSSi. The molecule has 0 spiro atoms. The predicted octanol–water partition coefficient (Wildman–Crippen LogP) is 4.78. The van der Waals surface area contributed by atoms with E-state index in [0.29, 0.717) is 0 Å².